The second kappa shape index (κ2) is 7.42. The third kappa shape index (κ3) is 5.16. The average molecular weight is 341 g/mol. The summed E-state index contributed by atoms with van der Waals surface area (Å²) in [5.74, 6) is 0.798. The Morgan fingerprint density at radius 1 is 1.05 bits per heavy atom. The topological polar surface area (TPSA) is 84.0 Å². The van der Waals surface area contributed by atoms with Crippen molar-refractivity contribution in [1.29, 1.82) is 0 Å². The van der Waals surface area contributed by atoms with Crippen LogP contribution in [0.1, 0.15) is 19.8 Å². The summed E-state index contributed by atoms with van der Waals surface area (Å²) in [6, 6.07) is 10.4. The van der Waals surface area contributed by atoms with E-state index in [2.05, 4.69) is 20.2 Å². The Kier molecular flexibility index (Phi) is 5.57. The molecule has 0 fully saturated rings. The first-order valence-corrected chi connectivity index (χ1v) is 8.88. The minimum atomic E-state index is -3.36. The highest BCUT2D eigenvalue weighted by Crippen LogP contribution is 2.18. The molecule has 0 radical (unpaired) electrons. The molecule has 8 heteroatoms. The summed E-state index contributed by atoms with van der Waals surface area (Å²) in [6.07, 6.45) is 1.43. The zero-order chi connectivity index (χ0) is 16.0. The van der Waals surface area contributed by atoms with Gasteiger partial charge in [0.25, 0.3) is 0 Å². The Hall–Kier alpha value is -1.86. The molecular weight excluding hydrogens is 324 g/mol. The Labute approximate surface area is 135 Å². The van der Waals surface area contributed by atoms with E-state index in [0.717, 1.165) is 12.1 Å². The van der Waals surface area contributed by atoms with Crippen molar-refractivity contribution < 1.29 is 8.42 Å². The zero-order valence-corrected chi connectivity index (χ0v) is 13.7. The number of nitrogens with zero attached hydrogens (tertiary/aromatic N) is 2. The summed E-state index contributed by atoms with van der Waals surface area (Å²) in [4.78, 5) is 0. The SMILES string of the molecule is CCCCS(=O)(=O)Nc1ccc(Nc2ccc(Cl)cc2)nn1. The van der Waals surface area contributed by atoms with Crippen LogP contribution in [-0.2, 0) is 10.0 Å². The van der Waals surface area contributed by atoms with E-state index in [9.17, 15) is 8.42 Å². The van der Waals surface area contributed by atoms with Crippen molar-refractivity contribution in [3.05, 3.63) is 41.4 Å². The van der Waals surface area contributed by atoms with E-state index < -0.39 is 10.0 Å². The van der Waals surface area contributed by atoms with Gasteiger partial charge < -0.3 is 5.32 Å². The quantitative estimate of drug-likeness (QED) is 0.806. The highest BCUT2D eigenvalue weighted by atomic mass is 35.5. The van der Waals surface area contributed by atoms with Crippen molar-refractivity contribution in [2.24, 2.45) is 0 Å². The number of benzene rings is 1. The maximum Gasteiger partial charge on any atom is 0.233 e. The third-order valence-corrected chi connectivity index (χ3v) is 4.41. The molecule has 0 aliphatic rings. The summed E-state index contributed by atoms with van der Waals surface area (Å²) >= 11 is 5.81. The van der Waals surface area contributed by atoms with Crippen LogP contribution in [0.5, 0.6) is 0 Å². The molecule has 22 heavy (non-hydrogen) atoms. The highest BCUT2D eigenvalue weighted by Gasteiger charge is 2.10. The fourth-order valence-electron chi connectivity index (χ4n) is 1.68. The van der Waals surface area contributed by atoms with Crippen molar-refractivity contribution in [2.75, 3.05) is 15.8 Å². The Bertz CT molecular complexity index is 703. The number of sulfonamides is 1. The largest absolute Gasteiger partial charge is 0.339 e. The summed E-state index contributed by atoms with van der Waals surface area (Å²) < 4.78 is 25.9. The molecular formula is C14H17ClN4O2S. The molecule has 0 unspecified atom stereocenters. The monoisotopic (exact) mass is 340 g/mol. The number of rotatable bonds is 7. The molecule has 0 aliphatic carbocycles. The molecule has 1 heterocycles. The number of hydrogen-bond donors (Lipinski definition) is 2. The van der Waals surface area contributed by atoms with Crippen LogP contribution < -0.4 is 10.0 Å². The predicted octanol–water partition coefficient (Wildman–Crippen LogP) is 3.42. The first-order valence-electron chi connectivity index (χ1n) is 6.85. The molecule has 2 aromatic rings. The lowest BCUT2D eigenvalue weighted by Crippen LogP contribution is -2.17. The fourth-order valence-corrected chi connectivity index (χ4v) is 3.00. The minimum absolute atomic E-state index is 0.0793. The second-order valence-corrected chi connectivity index (χ2v) is 6.99. The molecule has 0 amide bonds. The van der Waals surface area contributed by atoms with Crippen LogP contribution >= 0.6 is 11.6 Å². The van der Waals surface area contributed by atoms with Crippen LogP contribution in [-0.4, -0.2) is 24.4 Å². The van der Waals surface area contributed by atoms with Crippen molar-refractivity contribution in [1.82, 2.24) is 10.2 Å². The standard InChI is InChI=1S/C14H17ClN4O2S/c1-2-3-10-22(20,21)19-14-9-8-13(17-18-14)16-12-6-4-11(15)5-7-12/h4-9H,2-3,10H2,1H3,(H,16,17)(H,18,19). The Balaban J connectivity index is 1.99. The molecule has 2 N–H and O–H groups in total. The van der Waals surface area contributed by atoms with Crippen LogP contribution in [0.4, 0.5) is 17.3 Å². The predicted molar refractivity (Wildman–Crippen MR) is 89.1 cm³/mol. The van der Waals surface area contributed by atoms with E-state index in [1.165, 1.54) is 0 Å². The van der Waals surface area contributed by atoms with Crippen molar-refractivity contribution in [3.63, 3.8) is 0 Å². The van der Waals surface area contributed by atoms with Gasteiger partial charge in [-0.25, -0.2) is 8.42 Å². The van der Waals surface area contributed by atoms with Gasteiger partial charge in [-0.1, -0.05) is 24.9 Å². The molecule has 2 rings (SSSR count). The number of aromatic nitrogens is 2. The normalized spacial score (nSPS) is 11.2. The van der Waals surface area contributed by atoms with E-state index in [-0.39, 0.29) is 11.6 Å². The number of nitrogens with one attached hydrogen (secondary N) is 2. The lowest BCUT2D eigenvalue weighted by atomic mass is 10.3. The van der Waals surface area contributed by atoms with Gasteiger partial charge in [0.05, 0.1) is 5.75 Å². The second-order valence-electron chi connectivity index (χ2n) is 4.71. The van der Waals surface area contributed by atoms with Gasteiger partial charge >= 0.3 is 0 Å². The van der Waals surface area contributed by atoms with Gasteiger partial charge in [0.1, 0.15) is 0 Å². The Morgan fingerprint density at radius 2 is 1.68 bits per heavy atom. The van der Waals surface area contributed by atoms with Gasteiger partial charge in [0.15, 0.2) is 11.6 Å². The van der Waals surface area contributed by atoms with Crippen LogP contribution in [0.25, 0.3) is 0 Å². The Morgan fingerprint density at radius 3 is 2.27 bits per heavy atom. The van der Waals surface area contributed by atoms with Gasteiger partial charge in [-0.3, -0.25) is 4.72 Å². The first-order chi connectivity index (χ1) is 10.5. The van der Waals surface area contributed by atoms with Crippen LogP contribution in [0.15, 0.2) is 36.4 Å². The van der Waals surface area contributed by atoms with Gasteiger partial charge in [-0.05, 0) is 42.8 Å². The summed E-state index contributed by atoms with van der Waals surface area (Å²) in [5, 5.41) is 11.5. The summed E-state index contributed by atoms with van der Waals surface area (Å²) in [5.41, 5.74) is 0.815. The zero-order valence-electron chi connectivity index (χ0n) is 12.1. The lowest BCUT2D eigenvalue weighted by molar-refractivity contribution is 0.597. The molecule has 0 saturated heterocycles. The molecule has 0 saturated carbocycles. The van der Waals surface area contributed by atoms with Crippen LogP contribution in [0.3, 0.4) is 0 Å². The smallest absolute Gasteiger partial charge is 0.233 e. The van der Waals surface area contributed by atoms with Gasteiger partial charge in [0.2, 0.25) is 10.0 Å². The van der Waals surface area contributed by atoms with E-state index in [1.54, 1.807) is 24.3 Å². The van der Waals surface area contributed by atoms with E-state index in [1.807, 2.05) is 19.1 Å². The molecule has 0 aliphatic heterocycles. The molecule has 0 atom stereocenters. The molecule has 0 bridgehead atoms. The van der Waals surface area contributed by atoms with Crippen molar-refractivity contribution in [3.8, 4) is 0 Å². The average Bonchev–Trinajstić information content (AvgIpc) is 2.49. The highest BCUT2D eigenvalue weighted by molar-refractivity contribution is 7.92. The number of hydrogen-bond acceptors (Lipinski definition) is 5. The van der Waals surface area contributed by atoms with E-state index in [4.69, 9.17) is 11.6 Å². The van der Waals surface area contributed by atoms with Crippen LogP contribution in [0.2, 0.25) is 5.02 Å². The van der Waals surface area contributed by atoms with Gasteiger partial charge in [-0.2, -0.15) is 0 Å². The van der Waals surface area contributed by atoms with Crippen LogP contribution in [0, 0.1) is 0 Å². The van der Waals surface area contributed by atoms with Gasteiger partial charge in [-0.15, -0.1) is 10.2 Å². The first kappa shape index (κ1) is 16.5. The molecule has 6 nitrogen and oxygen atoms in total. The minimum Gasteiger partial charge on any atom is -0.339 e. The molecule has 0 spiro atoms. The molecule has 1 aromatic carbocycles. The molecule has 1 aromatic heterocycles. The maximum absolute atomic E-state index is 11.8. The van der Waals surface area contributed by atoms with E-state index in [0.29, 0.717) is 17.3 Å². The summed E-state index contributed by atoms with van der Waals surface area (Å²) in [6.45, 7) is 1.94. The number of unbranched alkanes of at least 4 members (excludes halogenated alkanes) is 1. The number of anilines is 3. The molecule has 118 valence electrons. The van der Waals surface area contributed by atoms with Gasteiger partial charge in [0, 0.05) is 10.7 Å². The van der Waals surface area contributed by atoms with Crippen molar-refractivity contribution in [2.45, 2.75) is 19.8 Å². The third-order valence-electron chi connectivity index (χ3n) is 2.81. The number of halogens is 1. The maximum atomic E-state index is 11.8. The summed E-state index contributed by atoms with van der Waals surface area (Å²) in [7, 11) is -3.36. The fraction of sp³-hybridized carbons (Fsp3) is 0.286. The van der Waals surface area contributed by atoms with Crippen molar-refractivity contribution >= 4 is 38.9 Å². The lowest BCUT2D eigenvalue weighted by Gasteiger charge is -2.08. The van der Waals surface area contributed by atoms with E-state index >= 15 is 0 Å².